The van der Waals surface area contributed by atoms with Crippen LogP contribution in [0.1, 0.15) is 28.7 Å². The zero-order chi connectivity index (χ0) is 13.9. The quantitative estimate of drug-likeness (QED) is 0.892. The van der Waals surface area contributed by atoms with Crippen molar-refractivity contribution >= 4 is 5.69 Å². The molecule has 20 heavy (non-hydrogen) atoms. The topological polar surface area (TPSA) is 35.8 Å². The Bertz CT molecular complexity index is 667. The monoisotopic (exact) mass is 262 g/mol. The smallest absolute Gasteiger partial charge is 0.101 e. The van der Waals surface area contributed by atoms with E-state index in [1.54, 1.807) is 0 Å². The second kappa shape index (κ2) is 5.38. The van der Waals surface area contributed by atoms with Gasteiger partial charge in [-0.15, -0.1) is 0 Å². The van der Waals surface area contributed by atoms with Gasteiger partial charge in [-0.25, -0.2) is 0 Å². The van der Waals surface area contributed by atoms with Crippen LogP contribution in [0.5, 0.6) is 0 Å². The molecule has 0 aromatic heterocycles. The van der Waals surface area contributed by atoms with Crippen LogP contribution in [-0.2, 0) is 12.8 Å². The number of nitrogens with zero attached hydrogens (tertiary/aromatic N) is 1. The molecule has 2 heteroatoms. The molecule has 1 unspecified atom stereocenters. The lowest BCUT2D eigenvalue weighted by Gasteiger charge is -2.27. The van der Waals surface area contributed by atoms with Crippen molar-refractivity contribution in [1.82, 2.24) is 0 Å². The number of hydrogen-bond acceptors (Lipinski definition) is 2. The summed E-state index contributed by atoms with van der Waals surface area (Å²) in [5.41, 5.74) is 5.78. The number of benzene rings is 2. The lowest BCUT2D eigenvalue weighted by atomic mass is 9.88. The fourth-order valence-electron chi connectivity index (χ4n) is 2.98. The molecular weight excluding hydrogens is 244 g/mol. The van der Waals surface area contributed by atoms with Crippen molar-refractivity contribution in [3.63, 3.8) is 0 Å². The molecule has 100 valence electrons. The van der Waals surface area contributed by atoms with Crippen LogP contribution in [0.2, 0.25) is 0 Å². The van der Waals surface area contributed by atoms with Gasteiger partial charge in [-0.2, -0.15) is 5.26 Å². The molecule has 1 atom stereocenters. The number of rotatable bonds is 2. The Hall–Kier alpha value is -2.27. The van der Waals surface area contributed by atoms with Crippen LogP contribution in [0.3, 0.4) is 0 Å². The molecule has 0 spiro atoms. The number of hydrogen-bond donors (Lipinski definition) is 1. The predicted molar refractivity (Wildman–Crippen MR) is 81.8 cm³/mol. The summed E-state index contributed by atoms with van der Waals surface area (Å²) in [4.78, 5) is 0. The van der Waals surface area contributed by atoms with Crippen molar-refractivity contribution in [2.24, 2.45) is 0 Å². The standard InChI is InChI=1S/C18H18N2/c1-13-5-4-8-16(12-19)18(13)20-17-10-9-14-6-2-3-7-15(14)11-17/h2-8,17,20H,9-11H2,1H3. The average molecular weight is 262 g/mol. The number of aryl methyl sites for hydroxylation is 2. The van der Waals surface area contributed by atoms with Crippen molar-refractivity contribution in [2.45, 2.75) is 32.2 Å². The molecule has 0 radical (unpaired) electrons. The van der Waals surface area contributed by atoms with E-state index in [1.807, 2.05) is 12.1 Å². The van der Waals surface area contributed by atoms with Crippen molar-refractivity contribution in [1.29, 1.82) is 5.26 Å². The molecule has 0 saturated carbocycles. The molecule has 0 fully saturated rings. The van der Waals surface area contributed by atoms with E-state index < -0.39 is 0 Å². The lowest BCUT2D eigenvalue weighted by Crippen LogP contribution is -2.28. The summed E-state index contributed by atoms with van der Waals surface area (Å²) < 4.78 is 0. The first-order chi connectivity index (χ1) is 9.78. The Morgan fingerprint density at radius 1 is 1.10 bits per heavy atom. The van der Waals surface area contributed by atoms with Crippen LogP contribution in [0.15, 0.2) is 42.5 Å². The van der Waals surface area contributed by atoms with Gasteiger partial charge in [0.1, 0.15) is 6.07 Å². The van der Waals surface area contributed by atoms with E-state index in [9.17, 15) is 5.26 Å². The maximum absolute atomic E-state index is 9.24. The summed E-state index contributed by atoms with van der Waals surface area (Å²) in [5.74, 6) is 0. The highest BCUT2D eigenvalue weighted by Crippen LogP contribution is 2.26. The van der Waals surface area contributed by atoms with Crippen molar-refractivity contribution < 1.29 is 0 Å². The number of nitriles is 1. The largest absolute Gasteiger partial charge is 0.381 e. The zero-order valence-corrected chi connectivity index (χ0v) is 11.7. The first-order valence-electron chi connectivity index (χ1n) is 7.11. The van der Waals surface area contributed by atoms with E-state index in [0.717, 1.165) is 36.1 Å². The zero-order valence-electron chi connectivity index (χ0n) is 11.7. The number of nitrogens with one attached hydrogen (secondary N) is 1. The molecule has 3 rings (SSSR count). The summed E-state index contributed by atoms with van der Waals surface area (Å²) in [5, 5.41) is 12.8. The Labute approximate surface area is 120 Å². The van der Waals surface area contributed by atoms with Gasteiger partial charge in [0, 0.05) is 6.04 Å². The minimum absolute atomic E-state index is 0.415. The highest BCUT2D eigenvalue weighted by atomic mass is 14.9. The number of para-hydroxylation sites is 1. The van der Waals surface area contributed by atoms with E-state index >= 15 is 0 Å². The number of anilines is 1. The first-order valence-corrected chi connectivity index (χ1v) is 7.11. The van der Waals surface area contributed by atoms with Crippen molar-refractivity contribution in [3.8, 4) is 6.07 Å². The maximum atomic E-state index is 9.24. The predicted octanol–water partition coefficient (Wildman–Crippen LogP) is 3.84. The Kier molecular flexibility index (Phi) is 3.43. The fourth-order valence-corrected chi connectivity index (χ4v) is 2.98. The molecule has 2 aromatic rings. The third kappa shape index (κ3) is 2.40. The summed E-state index contributed by atoms with van der Waals surface area (Å²) in [6.07, 6.45) is 3.27. The van der Waals surface area contributed by atoms with Gasteiger partial charge in [0.15, 0.2) is 0 Å². The van der Waals surface area contributed by atoms with E-state index in [-0.39, 0.29) is 0 Å². The molecule has 2 nitrogen and oxygen atoms in total. The Morgan fingerprint density at radius 2 is 1.90 bits per heavy atom. The Morgan fingerprint density at radius 3 is 2.70 bits per heavy atom. The summed E-state index contributed by atoms with van der Waals surface area (Å²) in [6, 6.07) is 17.2. The highest BCUT2D eigenvalue weighted by Gasteiger charge is 2.19. The van der Waals surface area contributed by atoms with Crippen LogP contribution in [0.25, 0.3) is 0 Å². The van der Waals surface area contributed by atoms with Crippen LogP contribution < -0.4 is 5.32 Å². The number of fused-ring (bicyclic) bond motifs is 1. The van der Waals surface area contributed by atoms with Crippen molar-refractivity contribution in [3.05, 3.63) is 64.7 Å². The first kappa shape index (κ1) is 12.7. The van der Waals surface area contributed by atoms with Gasteiger partial charge >= 0.3 is 0 Å². The summed E-state index contributed by atoms with van der Waals surface area (Å²) >= 11 is 0. The van der Waals surface area contributed by atoms with E-state index in [1.165, 1.54) is 11.1 Å². The lowest BCUT2D eigenvalue weighted by molar-refractivity contribution is 0.610. The molecule has 1 aliphatic rings. The summed E-state index contributed by atoms with van der Waals surface area (Å²) in [6.45, 7) is 2.06. The molecule has 0 saturated heterocycles. The molecule has 0 bridgehead atoms. The van der Waals surface area contributed by atoms with Gasteiger partial charge in [-0.05, 0) is 48.9 Å². The van der Waals surface area contributed by atoms with Gasteiger partial charge in [0.05, 0.1) is 11.3 Å². The van der Waals surface area contributed by atoms with E-state index in [4.69, 9.17) is 0 Å². The van der Waals surface area contributed by atoms with E-state index in [2.05, 4.69) is 48.6 Å². The van der Waals surface area contributed by atoms with E-state index in [0.29, 0.717) is 6.04 Å². The second-order valence-corrected chi connectivity index (χ2v) is 5.46. The average Bonchev–Trinajstić information content (AvgIpc) is 2.49. The SMILES string of the molecule is Cc1cccc(C#N)c1NC1CCc2ccccc2C1. The minimum Gasteiger partial charge on any atom is -0.381 e. The molecule has 2 aromatic carbocycles. The molecule has 1 aliphatic carbocycles. The normalized spacial score (nSPS) is 17.1. The third-order valence-electron chi connectivity index (χ3n) is 4.09. The highest BCUT2D eigenvalue weighted by molar-refractivity contribution is 5.62. The van der Waals surface area contributed by atoms with Crippen LogP contribution in [0.4, 0.5) is 5.69 Å². The molecule has 0 heterocycles. The van der Waals surface area contributed by atoms with Crippen LogP contribution in [-0.4, -0.2) is 6.04 Å². The minimum atomic E-state index is 0.415. The van der Waals surface area contributed by atoms with Crippen LogP contribution in [0, 0.1) is 18.3 Å². The fraction of sp³-hybridized carbons (Fsp3) is 0.278. The van der Waals surface area contributed by atoms with Gasteiger partial charge in [-0.3, -0.25) is 0 Å². The Balaban J connectivity index is 1.83. The van der Waals surface area contributed by atoms with Crippen molar-refractivity contribution in [2.75, 3.05) is 5.32 Å². The van der Waals surface area contributed by atoms with Gasteiger partial charge in [-0.1, -0.05) is 36.4 Å². The van der Waals surface area contributed by atoms with Gasteiger partial charge < -0.3 is 5.32 Å². The van der Waals surface area contributed by atoms with Gasteiger partial charge in [0.25, 0.3) is 0 Å². The molecule has 0 aliphatic heterocycles. The molecule has 0 amide bonds. The molecular formula is C18H18N2. The van der Waals surface area contributed by atoms with Crippen LogP contribution >= 0.6 is 0 Å². The summed E-state index contributed by atoms with van der Waals surface area (Å²) in [7, 11) is 0. The molecule has 1 N–H and O–H groups in total. The van der Waals surface area contributed by atoms with Gasteiger partial charge in [0.2, 0.25) is 0 Å². The second-order valence-electron chi connectivity index (χ2n) is 5.46. The third-order valence-corrected chi connectivity index (χ3v) is 4.09. The maximum Gasteiger partial charge on any atom is 0.101 e.